The molecule has 0 N–H and O–H groups in total. The van der Waals surface area contributed by atoms with Crippen LogP contribution < -0.4 is 4.90 Å². The van der Waals surface area contributed by atoms with Gasteiger partial charge in [-0.05, 0) is 60.2 Å². The lowest BCUT2D eigenvalue weighted by molar-refractivity contribution is 0.0666. The second-order valence-electron chi connectivity index (χ2n) is 10.3. The van der Waals surface area contributed by atoms with Gasteiger partial charge in [-0.15, -0.1) is 0 Å². The molecule has 0 saturated carbocycles. The Morgan fingerprint density at radius 1 is 0.800 bits per heavy atom. The van der Waals surface area contributed by atoms with Crippen LogP contribution in [0, 0.1) is 17.0 Å². The molecule has 0 unspecified atom stereocenters. The summed E-state index contributed by atoms with van der Waals surface area (Å²) in [6, 6.07) is 21.0. The van der Waals surface area contributed by atoms with E-state index in [1.54, 1.807) is 71.6 Å². The summed E-state index contributed by atoms with van der Waals surface area (Å²) in [5.41, 5.74) is 0.740. The Morgan fingerprint density at radius 2 is 1.43 bits per heavy atom. The minimum absolute atomic E-state index is 0.289. The molecule has 0 radical (unpaired) electrons. The monoisotopic (exact) mass is 551 g/mol. The third-order valence-electron chi connectivity index (χ3n) is 8.39. The lowest BCUT2D eigenvalue weighted by atomic mass is 9.64. The number of hydrogen-bond donors (Lipinski definition) is 0. The number of nitrogens with zero attached hydrogens (tertiary/aromatic N) is 1. The Hall–Kier alpha value is -4.42. The molecule has 1 saturated heterocycles. The zero-order valence-electron chi connectivity index (χ0n) is 20.9. The number of hydrogen-bond acceptors (Lipinski definition) is 4. The first kappa shape index (κ1) is 24.6. The van der Waals surface area contributed by atoms with Gasteiger partial charge in [0, 0.05) is 38.9 Å². The highest BCUT2D eigenvalue weighted by Crippen LogP contribution is 2.61. The summed E-state index contributed by atoms with van der Waals surface area (Å²) in [6.45, 7) is 0. The van der Waals surface area contributed by atoms with Gasteiger partial charge in [0.05, 0.1) is 6.04 Å². The van der Waals surface area contributed by atoms with Crippen molar-refractivity contribution in [3.63, 3.8) is 0 Å². The zero-order chi connectivity index (χ0) is 27.8. The van der Waals surface area contributed by atoms with Gasteiger partial charge in [-0.1, -0.05) is 60.2 Å². The van der Waals surface area contributed by atoms with E-state index in [1.165, 1.54) is 36.4 Å². The van der Waals surface area contributed by atoms with E-state index in [0.29, 0.717) is 27.4 Å². The van der Waals surface area contributed by atoms with Gasteiger partial charge in [0.2, 0.25) is 0 Å². The molecule has 0 amide bonds. The van der Waals surface area contributed by atoms with Crippen LogP contribution in [0.2, 0.25) is 5.02 Å². The molecule has 40 heavy (non-hydrogen) atoms. The summed E-state index contributed by atoms with van der Waals surface area (Å²) in [6.07, 6.45) is 3.41. The van der Waals surface area contributed by atoms with Crippen molar-refractivity contribution in [3.8, 4) is 0 Å². The molecular formula is C33H20ClF2NO3. The summed E-state index contributed by atoms with van der Waals surface area (Å²) in [5.74, 6) is -3.03. The standard InChI is InChI=1S/C33H20ClF2NO3/c34-21-10-5-19(6-11-21)30(38)29-28(18-7-12-22(35)13-8-18)33(31(39)24-3-1-2-4-25(24)32(33)40)27-16-9-20-17-23(36)14-15-26(20)37(27)29/h1-17,27-29H/t27-,28-,29+/m1/s1. The van der Waals surface area contributed by atoms with Crippen LogP contribution >= 0.6 is 11.6 Å². The summed E-state index contributed by atoms with van der Waals surface area (Å²) < 4.78 is 28.4. The van der Waals surface area contributed by atoms with E-state index in [-0.39, 0.29) is 28.5 Å². The van der Waals surface area contributed by atoms with Gasteiger partial charge >= 0.3 is 0 Å². The quantitative estimate of drug-likeness (QED) is 0.204. The predicted molar refractivity (Wildman–Crippen MR) is 148 cm³/mol. The molecule has 4 nitrogen and oxygen atoms in total. The van der Waals surface area contributed by atoms with Crippen molar-refractivity contribution in [3.05, 3.63) is 142 Å². The Balaban J connectivity index is 1.54. The number of carbonyl (C=O) groups excluding carboxylic acids is 3. The van der Waals surface area contributed by atoms with Gasteiger partial charge in [0.25, 0.3) is 0 Å². The highest BCUT2D eigenvalue weighted by molar-refractivity contribution is 6.32. The summed E-state index contributed by atoms with van der Waals surface area (Å²) in [7, 11) is 0. The van der Waals surface area contributed by atoms with Crippen LogP contribution in [-0.4, -0.2) is 29.4 Å². The van der Waals surface area contributed by atoms with Crippen molar-refractivity contribution in [2.45, 2.75) is 18.0 Å². The van der Waals surface area contributed by atoms with Crippen LogP contribution in [0.5, 0.6) is 0 Å². The maximum atomic E-state index is 14.5. The van der Waals surface area contributed by atoms with Crippen molar-refractivity contribution in [1.82, 2.24) is 0 Å². The number of benzene rings is 4. The number of anilines is 1. The SMILES string of the molecule is O=C(c1ccc(Cl)cc1)[C@@H]1[C@@H](c2ccc(F)cc2)C2(C(=O)c3ccccc3C2=O)[C@H]2C=Cc3cc(F)ccc3N12. The Bertz CT molecular complexity index is 1730. The number of ketones is 3. The molecule has 2 aliphatic heterocycles. The van der Waals surface area contributed by atoms with Crippen molar-refractivity contribution in [1.29, 1.82) is 0 Å². The molecule has 4 aromatic rings. The Labute approximate surface area is 233 Å². The Kier molecular flexibility index (Phi) is 5.41. The molecule has 0 bridgehead atoms. The highest BCUT2D eigenvalue weighted by Gasteiger charge is 2.71. The molecule has 7 rings (SSSR count). The number of fused-ring (bicyclic) bond motifs is 5. The third-order valence-corrected chi connectivity index (χ3v) is 8.64. The van der Waals surface area contributed by atoms with Crippen LogP contribution in [0.3, 0.4) is 0 Å². The van der Waals surface area contributed by atoms with Crippen LogP contribution in [0.4, 0.5) is 14.5 Å². The van der Waals surface area contributed by atoms with Crippen LogP contribution in [-0.2, 0) is 0 Å². The van der Waals surface area contributed by atoms with Gasteiger partial charge in [0.1, 0.15) is 23.1 Å². The minimum atomic E-state index is -1.71. The van der Waals surface area contributed by atoms with E-state index < -0.39 is 35.1 Å². The fraction of sp³-hybridized carbons (Fsp3) is 0.121. The number of halogens is 3. The fourth-order valence-corrected chi connectivity index (χ4v) is 6.90. The van der Waals surface area contributed by atoms with Crippen molar-refractivity contribution in [2.24, 2.45) is 5.41 Å². The summed E-state index contributed by atoms with van der Waals surface area (Å²) in [5, 5.41) is 0.450. The number of carbonyl (C=O) groups is 3. The van der Waals surface area contributed by atoms with Crippen molar-refractivity contribution in [2.75, 3.05) is 4.90 Å². The molecule has 3 atom stereocenters. The van der Waals surface area contributed by atoms with Crippen LogP contribution in [0.15, 0.2) is 97.1 Å². The second-order valence-corrected chi connectivity index (χ2v) is 10.8. The van der Waals surface area contributed by atoms with E-state index in [9.17, 15) is 23.2 Å². The Morgan fingerprint density at radius 3 is 2.08 bits per heavy atom. The highest BCUT2D eigenvalue weighted by atomic mass is 35.5. The largest absolute Gasteiger partial charge is 0.352 e. The lowest BCUT2D eigenvalue weighted by Gasteiger charge is -2.37. The first-order valence-electron chi connectivity index (χ1n) is 12.8. The van der Waals surface area contributed by atoms with Gasteiger partial charge in [0.15, 0.2) is 17.3 Å². The minimum Gasteiger partial charge on any atom is -0.352 e. The molecule has 1 aliphatic carbocycles. The molecule has 0 aromatic heterocycles. The predicted octanol–water partition coefficient (Wildman–Crippen LogP) is 6.93. The molecule has 2 heterocycles. The van der Waals surface area contributed by atoms with E-state index >= 15 is 0 Å². The smallest absolute Gasteiger partial charge is 0.185 e. The first-order valence-corrected chi connectivity index (χ1v) is 13.2. The van der Waals surface area contributed by atoms with Gasteiger partial charge in [-0.25, -0.2) is 8.78 Å². The van der Waals surface area contributed by atoms with Crippen LogP contribution in [0.25, 0.3) is 6.08 Å². The van der Waals surface area contributed by atoms with E-state index in [1.807, 2.05) is 0 Å². The molecule has 1 fully saturated rings. The van der Waals surface area contributed by atoms with E-state index in [0.717, 1.165) is 0 Å². The summed E-state index contributed by atoms with van der Waals surface area (Å²) >= 11 is 6.10. The molecule has 4 aromatic carbocycles. The van der Waals surface area contributed by atoms with Gasteiger partial charge in [-0.3, -0.25) is 14.4 Å². The number of Topliss-reactive ketones (excluding diaryl/α,β-unsaturated/α-hetero) is 3. The number of rotatable bonds is 3. The molecule has 196 valence electrons. The zero-order valence-corrected chi connectivity index (χ0v) is 21.6. The van der Waals surface area contributed by atoms with E-state index in [4.69, 9.17) is 11.6 Å². The van der Waals surface area contributed by atoms with Crippen molar-refractivity contribution < 1.29 is 23.2 Å². The third kappa shape index (κ3) is 3.26. The maximum Gasteiger partial charge on any atom is 0.185 e. The normalized spacial score (nSPS) is 21.9. The van der Waals surface area contributed by atoms with Crippen LogP contribution in [0.1, 0.15) is 48.1 Å². The average molecular weight is 552 g/mol. The fourth-order valence-electron chi connectivity index (χ4n) is 6.78. The van der Waals surface area contributed by atoms with E-state index in [2.05, 4.69) is 0 Å². The molecule has 1 spiro atoms. The molecular weight excluding hydrogens is 532 g/mol. The van der Waals surface area contributed by atoms with Gasteiger partial charge < -0.3 is 4.90 Å². The lowest BCUT2D eigenvalue weighted by Crippen LogP contribution is -2.48. The topological polar surface area (TPSA) is 54.5 Å². The van der Waals surface area contributed by atoms with Gasteiger partial charge in [-0.2, -0.15) is 0 Å². The molecule has 7 heteroatoms. The average Bonchev–Trinajstić information content (AvgIpc) is 3.39. The summed E-state index contributed by atoms with van der Waals surface area (Å²) in [4.78, 5) is 45.3. The maximum absolute atomic E-state index is 14.5. The second kappa shape index (κ2) is 8.80. The first-order chi connectivity index (χ1) is 19.3. The molecule has 3 aliphatic rings. The van der Waals surface area contributed by atoms with Crippen molar-refractivity contribution >= 4 is 40.7 Å².